The zero-order chi connectivity index (χ0) is 42.2. The van der Waals surface area contributed by atoms with Crippen molar-refractivity contribution < 1.29 is 35.6 Å². The van der Waals surface area contributed by atoms with Crippen LogP contribution in [0.25, 0.3) is 0 Å². The number of carbonyl (C=O) groups is 3. The van der Waals surface area contributed by atoms with Crippen molar-refractivity contribution in [3.05, 3.63) is 58.4 Å². The predicted octanol–water partition coefficient (Wildman–Crippen LogP) is 6.77. The number of hydrogen-bond acceptors (Lipinski definition) is 8. The van der Waals surface area contributed by atoms with Crippen molar-refractivity contribution in [1.82, 2.24) is 19.2 Å². The molecule has 2 aliphatic rings. The first kappa shape index (κ1) is 45.5. The summed E-state index contributed by atoms with van der Waals surface area (Å²) in [6, 6.07) is 6.60. The maximum absolute atomic E-state index is 15.2. The highest BCUT2D eigenvalue weighted by atomic mass is 32.2. The van der Waals surface area contributed by atoms with Gasteiger partial charge in [0.15, 0.2) is 0 Å². The molecule has 16 heteroatoms. The summed E-state index contributed by atoms with van der Waals surface area (Å²) in [6.45, 7) is 15.1. The molecule has 0 aliphatic carbocycles. The van der Waals surface area contributed by atoms with E-state index in [1.165, 1.54) is 19.1 Å². The number of rotatable bonds is 14. The van der Waals surface area contributed by atoms with Crippen molar-refractivity contribution in [3.63, 3.8) is 0 Å². The Kier molecular flexibility index (Phi) is 15.6. The van der Waals surface area contributed by atoms with Crippen molar-refractivity contribution in [1.29, 1.82) is 0 Å². The predicted molar refractivity (Wildman–Crippen MR) is 223 cm³/mol. The summed E-state index contributed by atoms with van der Waals surface area (Å²) in [4.78, 5) is 41.9. The molecule has 13 nitrogen and oxygen atoms in total. The highest BCUT2D eigenvalue weighted by Crippen LogP contribution is 2.39. The van der Waals surface area contributed by atoms with Crippen LogP contribution in [0.3, 0.4) is 0 Å². The first-order chi connectivity index (χ1) is 26.7. The molecule has 4 N–H and O–H groups in total. The number of urea groups is 2. The van der Waals surface area contributed by atoms with Crippen LogP contribution in [0.1, 0.15) is 133 Å². The van der Waals surface area contributed by atoms with Crippen molar-refractivity contribution in [2.45, 2.75) is 121 Å². The minimum Gasteiger partial charge on any atom is -0.343 e. The van der Waals surface area contributed by atoms with Gasteiger partial charge in [0, 0.05) is 44.5 Å². The van der Waals surface area contributed by atoms with Crippen LogP contribution in [0.4, 0.5) is 25.4 Å². The quantitative estimate of drug-likeness (QED) is 0.151. The maximum atomic E-state index is 15.2. The Morgan fingerprint density at radius 1 is 0.737 bits per heavy atom. The molecule has 2 fully saturated rings. The summed E-state index contributed by atoms with van der Waals surface area (Å²) in [5, 5.41) is 4.03. The summed E-state index contributed by atoms with van der Waals surface area (Å²) in [6.07, 6.45) is 7.61. The van der Waals surface area contributed by atoms with E-state index >= 15 is 4.39 Å². The Morgan fingerprint density at radius 2 is 1.18 bits per heavy atom. The van der Waals surface area contributed by atoms with Crippen LogP contribution < -0.4 is 20.1 Å². The molecule has 2 atom stereocenters. The second-order valence-electron chi connectivity index (χ2n) is 16.0. The molecule has 2 saturated heterocycles. The molecule has 57 heavy (non-hydrogen) atoms. The number of anilines is 2. The van der Waals surface area contributed by atoms with Crippen LogP contribution in [-0.2, 0) is 24.8 Å². The van der Waals surface area contributed by atoms with Crippen molar-refractivity contribution in [2.24, 2.45) is 0 Å². The number of likely N-dealkylation sites (tertiary alicyclic amines) is 2. The molecule has 2 aromatic carbocycles. The summed E-state index contributed by atoms with van der Waals surface area (Å²) in [7, 11) is -8.03. The maximum Gasteiger partial charge on any atom is 0.332 e. The number of amides is 5. The molecular weight excluding hydrogens is 772 g/mol. The molecule has 0 saturated carbocycles. The number of hydrogen-bond donors (Lipinski definition) is 4. The minimum atomic E-state index is -4.02. The lowest BCUT2D eigenvalue weighted by molar-refractivity contribution is -0.129. The van der Waals surface area contributed by atoms with Crippen LogP contribution in [0.5, 0.6) is 0 Å². The van der Waals surface area contributed by atoms with Gasteiger partial charge in [-0.05, 0) is 96.6 Å². The lowest BCUT2D eigenvalue weighted by Gasteiger charge is -2.31. The fraction of sp³-hybridized carbons (Fsp3) is 0.585. The van der Waals surface area contributed by atoms with E-state index in [1.807, 2.05) is 64.6 Å². The molecule has 4 rings (SSSR count). The standard InChI is InChI=1S/C41H59FN6O7S2/c1-9-19-47-20-15-32(16-21-47)56(52,53)46-41(51)44-39-36(27(4)5)24-31(42)25-37(39)29(7)14-13-28(6)35-12-10-11-34(26(2)3)38(35)43-40(50)45-57(54,55)33-17-22-48(23-18-33)30(8)49/h1,10-12,24-29,32-33H,13-23H2,2-8H3,(H2,43,45,50)(H2,44,46,51). The topological polar surface area (TPSA) is 174 Å². The van der Waals surface area contributed by atoms with Crippen LogP contribution in [0.15, 0.2) is 30.3 Å². The number of sulfonamides is 2. The number of carbonyl (C=O) groups excluding carboxylic acids is 3. The Morgan fingerprint density at radius 3 is 1.65 bits per heavy atom. The third-order valence-corrected chi connectivity index (χ3v) is 14.8. The van der Waals surface area contributed by atoms with Crippen LogP contribution in [0, 0.1) is 18.2 Å². The summed E-state index contributed by atoms with van der Waals surface area (Å²) < 4.78 is 72.4. The van der Waals surface area contributed by atoms with Gasteiger partial charge in [0.05, 0.1) is 17.0 Å². The van der Waals surface area contributed by atoms with Crippen molar-refractivity contribution in [3.8, 4) is 12.3 Å². The first-order valence-electron chi connectivity index (χ1n) is 19.8. The van der Waals surface area contributed by atoms with Gasteiger partial charge in [-0.25, -0.2) is 40.3 Å². The van der Waals surface area contributed by atoms with Gasteiger partial charge < -0.3 is 15.5 Å². The van der Waals surface area contributed by atoms with Gasteiger partial charge in [-0.2, -0.15) is 0 Å². The molecule has 314 valence electrons. The number of nitrogens with zero attached hydrogens (tertiary/aromatic N) is 2. The number of nitrogens with one attached hydrogen (secondary N) is 4. The van der Waals surface area contributed by atoms with Gasteiger partial charge in [0.1, 0.15) is 5.82 Å². The lowest BCUT2D eigenvalue weighted by atomic mass is 9.84. The molecule has 0 radical (unpaired) electrons. The van der Waals surface area contributed by atoms with Gasteiger partial charge in [-0.15, -0.1) is 6.42 Å². The third kappa shape index (κ3) is 11.9. The van der Waals surface area contributed by atoms with Gasteiger partial charge >= 0.3 is 12.1 Å². The minimum absolute atomic E-state index is 0.00880. The lowest BCUT2D eigenvalue weighted by Crippen LogP contribution is -2.47. The van der Waals surface area contributed by atoms with E-state index in [0.29, 0.717) is 80.9 Å². The fourth-order valence-electron chi connectivity index (χ4n) is 7.76. The highest BCUT2D eigenvalue weighted by molar-refractivity contribution is 7.91. The summed E-state index contributed by atoms with van der Waals surface area (Å²) >= 11 is 0. The van der Waals surface area contributed by atoms with Gasteiger partial charge in [0.25, 0.3) is 0 Å². The SMILES string of the molecule is C#CCN1CCC(S(=O)(=O)NC(=O)Nc2c(C(C)C)cc(F)cc2C(C)CCC(C)c2cccc(C(C)C)c2NC(=O)NS(=O)(=O)C2CCN(C(C)=O)CC2)CC1. The normalized spacial score (nSPS) is 17.2. The Hall–Kier alpha value is -4.20. The van der Waals surface area contributed by atoms with E-state index in [0.717, 1.165) is 11.1 Å². The second-order valence-corrected chi connectivity index (χ2v) is 20.0. The summed E-state index contributed by atoms with van der Waals surface area (Å²) in [5.74, 6) is 1.32. The molecule has 2 aliphatic heterocycles. The molecule has 2 heterocycles. The largest absolute Gasteiger partial charge is 0.343 e. The Labute approximate surface area is 338 Å². The second kappa shape index (κ2) is 19.5. The van der Waals surface area contributed by atoms with E-state index in [2.05, 4.69) is 26.0 Å². The molecule has 0 spiro atoms. The smallest absolute Gasteiger partial charge is 0.332 e. The van der Waals surface area contributed by atoms with Crippen LogP contribution in [0.2, 0.25) is 0 Å². The first-order valence-corrected chi connectivity index (χ1v) is 22.9. The molecule has 0 aromatic heterocycles. The molecule has 2 unspecified atom stereocenters. The molecule has 5 amide bonds. The van der Waals surface area contributed by atoms with E-state index in [4.69, 9.17) is 6.42 Å². The number of halogens is 1. The number of terminal acetylenes is 1. The van der Waals surface area contributed by atoms with Crippen LogP contribution in [-0.4, -0.2) is 87.8 Å². The average molecular weight is 831 g/mol. The van der Waals surface area contributed by atoms with E-state index in [1.54, 1.807) is 4.90 Å². The van der Waals surface area contributed by atoms with E-state index in [-0.39, 0.29) is 42.4 Å². The van der Waals surface area contributed by atoms with Gasteiger partial charge in [0.2, 0.25) is 26.0 Å². The Bertz CT molecular complexity index is 2040. The summed E-state index contributed by atoms with van der Waals surface area (Å²) in [5.41, 5.74) is 3.55. The van der Waals surface area contributed by atoms with Gasteiger partial charge in [-0.1, -0.05) is 65.7 Å². The fourth-order valence-corrected chi connectivity index (χ4v) is 10.4. The highest BCUT2D eigenvalue weighted by Gasteiger charge is 2.34. The number of para-hydroxylation sites is 1. The zero-order valence-corrected chi connectivity index (χ0v) is 35.8. The molecule has 2 aromatic rings. The third-order valence-electron chi connectivity index (χ3n) is 11.2. The number of piperidine rings is 2. The van der Waals surface area contributed by atoms with Crippen molar-refractivity contribution in [2.75, 3.05) is 43.4 Å². The van der Waals surface area contributed by atoms with E-state index in [9.17, 15) is 31.2 Å². The number of benzene rings is 2. The van der Waals surface area contributed by atoms with Crippen molar-refractivity contribution >= 4 is 49.4 Å². The van der Waals surface area contributed by atoms with E-state index < -0.39 is 48.4 Å². The van der Waals surface area contributed by atoms with Crippen LogP contribution >= 0.6 is 0 Å². The monoisotopic (exact) mass is 830 g/mol. The zero-order valence-electron chi connectivity index (χ0n) is 34.2. The Balaban J connectivity index is 1.50. The molecule has 0 bridgehead atoms. The van der Waals surface area contributed by atoms with Gasteiger partial charge in [-0.3, -0.25) is 9.69 Å². The molecular formula is C41H59FN6O7S2. The average Bonchev–Trinajstić information content (AvgIpc) is 3.14.